The fraction of sp³-hybridized carbons (Fsp3) is 0.333. The maximum absolute atomic E-state index is 13.5. The lowest BCUT2D eigenvalue weighted by atomic mass is 10.0. The monoisotopic (exact) mass is 209 g/mol. The van der Waals surface area contributed by atoms with Gasteiger partial charge in [-0.05, 0) is 18.9 Å². The van der Waals surface area contributed by atoms with Crippen LogP contribution in [0.25, 0.3) is 0 Å². The number of allylic oxidation sites excluding steroid dienone is 1. The van der Waals surface area contributed by atoms with Gasteiger partial charge in [-0.25, -0.2) is 4.39 Å². The SMILES string of the molecule is C=CCC[C@H](N)c1ccc(OC)cc1F. The van der Waals surface area contributed by atoms with Crippen LogP contribution in [0.5, 0.6) is 5.75 Å². The molecule has 0 aliphatic rings. The summed E-state index contributed by atoms with van der Waals surface area (Å²) in [6.07, 6.45) is 3.26. The predicted molar refractivity (Wildman–Crippen MR) is 59.3 cm³/mol. The average Bonchev–Trinajstić information content (AvgIpc) is 2.25. The van der Waals surface area contributed by atoms with Crippen LogP contribution in [0.15, 0.2) is 30.9 Å². The molecule has 1 atom stereocenters. The molecule has 1 aromatic rings. The average molecular weight is 209 g/mol. The molecular formula is C12H16FNO. The van der Waals surface area contributed by atoms with E-state index in [2.05, 4.69) is 6.58 Å². The Labute approximate surface area is 89.6 Å². The second-order valence-electron chi connectivity index (χ2n) is 3.36. The van der Waals surface area contributed by atoms with E-state index < -0.39 is 0 Å². The van der Waals surface area contributed by atoms with Gasteiger partial charge in [0.05, 0.1) is 7.11 Å². The van der Waals surface area contributed by atoms with E-state index in [1.165, 1.54) is 13.2 Å². The molecule has 2 N–H and O–H groups in total. The minimum absolute atomic E-state index is 0.283. The van der Waals surface area contributed by atoms with E-state index in [9.17, 15) is 4.39 Å². The molecule has 0 aliphatic carbocycles. The van der Waals surface area contributed by atoms with E-state index in [1.807, 2.05) is 0 Å². The zero-order chi connectivity index (χ0) is 11.3. The van der Waals surface area contributed by atoms with Crippen LogP contribution in [0.3, 0.4) is 0 Å². The van der Waals surface area contributed by atoms with Crippen molar-refractivity contribution < 1.29 is 9.13 Å². The Bertz CT molecular complexity index is 338. The van der Waals surface area contributed by atoms with Crippen molar-refractivity contribution in [3.05, 3.63) is 42.2 Å². The first-order chi connectivity index (χ1) is 7.19. The molecule has 0 saturated carbocycles. The molecule has 0 heterocycles. The van der Waals surface area contributed by atoms with E-state index in [1.54, 1.807) is 18.2 Å². The molecule has 82 valence electrons. The first-order valence-electron chi connectivity index (χ1n) is 4.89. The van der Waals surface area contributed by atoms with Gasteiger partial charge in [-0.1, -0.05) is 12.1 Å². The van der Waals surface area contributed by atoms with Crippen molar-refractivity contribution in [2.24, 2.45) is 5.73 Å². The van der Waals surface area contributed by atoms with Gasteiger partial charge >= 0.3 is 0 Å². The number of hydrogen-bond donors (Lipinski definition) is 1. The maximum Gasteiger partial charge on any atom is 0.131 e. The topological polar surface area (TPSA) is 35.2 Å². The van der Waals surface area contributed by atoms with Gasteiger partial charge in [-0.3, -0.25) is 0 Å². The van der Waals surface area contributed by atoms with Crippen LogP contribution in [-0.4, -0.2) is 7.11 Å². The number of nitrogens with two attached hydrogens (primary N) is 1. The predicted octanol–water partition coefficient (Wildman–Crippen LogP) is 2.80. The molecule has 1 rings (SSSR count). The number of halogens is 1. The molecule has 1 aromatic carbocycles. The van der Waals surface area contributed by atoms with Crippen LogP contribution in [0.2, 0.25) is 0 Å². The lowest BCUT2D eigenvalue weighted by Gasteiger charge is -2.12. The Morgan fingerprint density at radius 3 is 2.87 bits per heavy atom. The Kier molecular flexibility index (Phi) is 4.31. The van der Waals surface area contributed by atoms with Gasteiger partial charge in [-0.15, -0.1) is 6.58 Å². The van der Waals surface area contributed by atoms with Crippen LogP contribution in [0, 0.1) is 5.82 Å². The minimum Gasteiger partial charge on any atom is -0.497 e. The van der Waals surface area contributed by atoms with Crippen molar-refractivity contribution in [2.75, 3.05) is 7.11 Å². The van der Waals surface area contributed by atoms with E-state index in [4.69, 9.17) is 10.5 Å². The van der Waals surface area contributed by atoms with Crippen LogP contribution in [0.4, 0.5) is 4.39 Å². The summed E-state index contributed by atoms with van der Waals surface area (Å²) >= 11 is 0. The number of ether oxygens (including phenoxy) is 1. The zero-order valence-electron chi connectivity index (χ0n) is 8.87. The van der Waals surface area contributed by atoms with E-state index >= 15 is 0 Å². The van der Waals surface area contributed by atoms with Crippen LogP contribution < -0.4 is 10.5 Å². The van der Waals surface area contributed by atoms with Gasteiger partial charge in [0.15, 0.2) is 0 Å². The highest BCUT2D eigenvalue weighted by molar-refractivity contribution is 5.30. The smallest absolute Gasteiger partial charge is 0.131 e. The van der Waals surface area contributed by atoms with Gasteiger partial charge in [0.1, 0.15) is 11.6 Å². The number of rotatable bonds is 5. The number of methoxy groups -OCH3 is 1. The molecule has 0 unspecified atom stereocenters. The van der Waals surface area contributed by atoms with Crippen molar-refractivity contribution in [1.29, 1.82) is 0 Å². The maximum atomic E-state index is 13.5. The van der Waals surface area contributed by atoms with Crippen molar-refractivity contribution in [2.45, 2.75) is 18.9 Å². The lowest BCUT2D eigenvalue weighted by Crippen LogP contribution is -2.11. The molecule has 2 nitrogen and oxygen atoms in total. The van der Waals surface area contributed by atoms with Gasteiger partial charge < -0.3 is 10.5 Å². The fourth-order valence-electron chi connectivity index (χ4n) is 1.39. The number of benzene rings is 1. The molecule has 0 bridgehead atoms. The summed E-state index contributed by atoms with van der Waals surface area (Å²) in [5.74, 6) is 0.193. The molecule has 0 aliphatic heterocycles. The fourth-order valence-corrected chi connectivity index (χ4v) is 1.39. The first kappa shape index (κ1) is 11.7. The van der Waals surface area contributed by atoms with Crippen LogP contribution in [-0.2, 0) is 0 Å². The number of hydrogen-bond acceptors (Lipinski definition) is 2. The summed E-state index contributed by atoms with van der Waals surface area (Å²) in [4.78, 5) is 0. The molecule has 0 spiro atoms. The highest BCUT2D eigenvalue weighted by atomic mass is 19.1. The van der Waals surface area contributed by atoms with Gasteiger partial charge in [-0.2, -0.15) is 0 Å². The highest BCUT2D eigenvalue weighted by Gasteiger charge is 2.11. The molecule has 0 radical (unpaired) electrons. The second kappa shape index (κ2) is 5.51. The van der Waals surface area contributed by atoms with E-state index in [0.717, 1.165) is 6.42 Å². The first-order valence-corrected chi connectivity index (χ1v) is 4.89. The summed E-state index contributed by atoms with van der Waals surface area (Å²) in [6.45, 7) is 3.61. The van der Waals surface area contributed by atoms with Crippen molar-refractivity contribution >= 4 is 0 Å². The van der Waals surface area contributed by atoms with E-state index in [0.29, 0.717) is 17.7 Å². The Hall–Kier alpha value is -1.35. The quantitative estimate of drug-likeness (QED) is 0.757. The second-order valence-corrected chi connectivity index (χ2v) is 3.36. The standard InChI is InChI=1S/C12H16FNO/c1-3-4-5-12(14)10-7-6-9(15-2)8-11(10)13/h3,6-8,12H,1,4-5,14H2,2H3/t12-/m0/s1. The molecule has 15 heavy (non-hydrogen) atoms. The largest absolute Gasteiger partial charge is 0.497 e. The molecule has 0 saturated heterocycles. The summed E-state index contributed by atoms with van der Waals surface area (Å²) in [5, 5.41) is 0. The Morgan fingerprint density at radius 2 is 2.33 bits per heavy atom. The minimum atomic E-state index is -0.314. The Morgan fingerprint density at radius 1 is 1.60 bits per heavy atom. The summed E-state index contributed by atoms with van der Waals surface area (Å²) < 4.78 is 18.4. The summed E-state index contributed by atoms with van der Waals surface area (Å²) in [5.41, 5.74) is 6.37. The molecule has 0 aromatic heterocycles. The normalized spacial score (nSPS) is 12.2. The zero-order valence-corrected chi connectivity index (χ0v) is 8.87. The van der Waals surface area contributed by atoms with Gasteiger partial charge in [0.2, 0.25) is 0 Å². The third kappa shape index (κ3) is 3.06. The molecule has 0 amide bonds. The van der Waals surface area contributed by atoms with Crippen molar-refractivity contribution in [3.63, 3.8) is 0 Å². The van der Waals surface area contributed by atoms with Gasteiger partial charge in [0.25, 0.3) is 0 Å². The lowest BCUT2D eigenvalue weighted by molar-refractivity contribution is 0.410. The highest BCUT2D eigenvalue weighted by Crippen LogP contribution is 2.23. The van der Waals surface area contributed by atoms with Crippen molar-refractivity contribution in [1.82, 2.24) is 0 Å². The van der Waals surface area contributed by atoms with Crippen molar-refractivity contribution in [3.8, 4) is 5.75 Å². The van der Waals surface area contributed by atoms with Gasteiger partial charge in [0, 0.05) is 17.7 Å². The van der Waals surface area contributed by atoms with E-state index in [-0.39, 0.29) is 11.9 Å². The summed E-state index contributed by atoms with van der Waals surface area (Å²) in [7, 11) is 1.51. The Balaban J connectivity index is 2.80. The summed E-state index contributed by atoms with van der Waals surface area (Å²) in [6, 6.07) is 4.45. The molecular weight excluding hydrogens is 193 g/mol. The van der Waals surface area contributed by atoms with Crippen LogP contribution >= 0.6 is 0 Å². The third-order valence-corrected chi connectivity index (χ3v) is 2.29. The van der Waals surface area contributed by atoms with Crippen LogP contribution in [0.1, 0.15) is 24.4 Å². The molecule has 0 fully saturated rings. The third-order valence-electron chi connectivity index (χ3n) is 2.29. The molecule has 3 heteroatoms.